The predicted octanol–water partition coefficient (Wildman–Crippen LogP) is 4.80. The Morgan fingerprint density at radius 1 is 1.23 bits per heavy atom. The molecule has 0 aromatic carbocycles. The Kier molecular flexibility index (Phi) is 4.58. The van der Waals surface area contributed by atoms with Gasteiger partial charge in [0.25, 0.3) is 0 Å². The van der Waals surface area contributed by atoms with E-state index in [-0.39, 0.29) is 22.9 Å². The number of aliphatic hydroxyl groups is 1. The van der Waals surface area contributed by atoms with E-state index in [9.17, 15) is 9.90 Å². The van der Waals surface area contributed by atoms with Crippen LogP contribution in [0, 0.1) is 28.6 Å². The molecule has 0 aromatic heterocycles. The SMILES string of the molecule is CCOC(=O)C=C1CC[C@H]2[C@@H]3CCC4=CCC(O)C[C@]4(C)[C@H]3CC[C@]12C. The second-order valence-corrected chi connectivity index (χ2v) is 9.57. The summed E-state index contributed by atoms with van der Waals surface area (Å²) in [7, 11) is 0. The van der Waals surface area contributed by atoms with Gasteiger partial charge in [-0.3, -0.25) is 0 Å². The zero-order valence-electron chi connectivity index (χ0n) is 16.6. The van der Waals surface area contributed by atoms with E-state index < -0.39 is 0 Å². The van der Waals surface area contributed by atoms with Gasteiger partial charge in [-0.2, -0.15) is 0 Å². The Labute approximate surface area is 157 Å². The molecule has 0 aliphatic heterocycles. The molecule has 4 aliphatic carbocycles. The van der Waals surface area contributed by atoms with Gasteiger partial charge in [0, 0.05) is 6.08 Å². The molecule has 0 bridgehead atoms. The number of allylic oxidation sites excluding steroid dienone is 2. The summed E-state index contributed by atoms with van der Waals surface area (Å²) in [6, 6.07) is 0. The summed E-state index contributed by atoms with van der Waals surface area (Å²) in [6.07, 6.45) is 12.9. The molecular weight excluding hydrogens is 324 g/mol. The molecule has 0 amide bonds. The number of esters is 1. The van der Waals surface area contributed by atoms with Gasteiger partial charge in [0.1, 0.15) is 0 Å². The number of fused-ring (bicyclic) bond motifs is 5. The van der Waals surface area contributed by atoms with E-state index in [0.29, 0.717) is 18.4 Å². The fourth-order valence-electron chi connectivity index (χ4n) is 7.21. The van der Waals surface area contributed by atoms with Crippen molar-refractivity contribution >= 4 is 5.97 Å². The van der Waals surface area contributed by atoms with Crippen LogP contribution in [0.1, 0.15) is 72.1 Å². The summed E-state index contributed by atoms with van der Waals surface area (Å²) in [5.74, 6) is 1.94. The molecule has 3 heteroatoms. The summed E-state index contributed by atoms with van der Waals surface area (Å²) in [4.78, 5) is 12.0. The molecule has 3 nitrogen and oxygen atoms in total. The summed E-state index contributed by atoms with van der Waals surface area (Å²) in [5, 5.41) is 10.3. The minimum Gasteiger partial charge on any atom is -0.463 e. The molecule has 0 radical (unpaired) electrons. The van der Waals surface area contributed by atoms with Crippen molar-refractivity contribution in [3.8, 4) is 0 Å². The van der Waals surface area contributed by atoms with Crippen LogP contribution in [0.5, 0.6) is 0 Å². The van der Waals surface area contributed by atoms with Crippen molar-refractivity contribution in [1.82, 2.24) is 0 Å². The third kappa shape index (κ3) is 2.69. The van der Waals surface area contributed by atoms with Gasteiger partial charge >= 0.3 is 5.97 Å². The zero-order valence-corrected chi connectivity index (χ0v) is 16.6. The van der Waals surface area contributed by atoms with Gasteiger partial charge in [-0.1, -0.05) is 31.1 Å². The van der Waals surface area contributed by atoms with Crippen LogP contribution in [0.2, 0.25) is 0 Å². The van der Waals surface area contributed by atoms with Crippen LogP contribution < -0.4 is 0 Å². The maximum absolute atomic E-state index is 12.0. The lowest BCUT2D eigenvalue weighted by atomic mass is 9.47. The normalized spacial score (nSPS) is 46.2. The minimum atomic E-state index is -0.168. The quantitative estimate of drug-likeness (QED) is 0.438. The largest absolute Gasteiger partial charge is 0.463 e. The minimum absolute atomic E-state index is 0.164. The van der Waals surface area contributed by atoms with E-state index in [1.54, 1.807) is 5.57 Å². The van der Waals surface area contributed by atoms with Crippen molar-refractivity contribution in [3.05, 3.63) is 23.3 Å². The molecule has 1 unspecified atom stereocenters. The highest BCUT2D eigenvalue weighted by molar-refractivity contribution is 5.83. The van der Waals surface area contributed by atoms with Crippen LogP contribution >= 0.6 is 0 Å². The molecule has 0 saturated heterocycles. The number of hydrogen-bond acceptors (Lipinski definition) is 3. The van der Waals surface area contributed by atoms with E-state index in [1.165, 1.54) is 37.7 Å². The van der Waals surface area contributed by atoms with Gasteiger partial charge in [-0.05, 0) is 86.9 Å². The average Bonchev–Trinajstić information content (AvgIpc) is 2.91. The first-order chi connectivity index (χ1) is 12.4. The van der Waals surface area contributed by atoms with Crippen molar-refractivity contribution in [2.75, 3.05) is 6.61 Å². The van der Waals surface area contributed by atoms with Gasteiger partial charge in [0.15, 0.2) is 0 Å². The molecule has 144 valence electrons. The first-order valence-electron chi connectivity index (χ1n) is 10.6. The summed E-state index contributed by atoms with van der Waals surface area (Å²) in [6.45, 7) is 7.14. The Bertz CT molecular complexity index is 648. The Balaban J connectivity index is 1.61. The highest BCUT2D eigenvalue weighted by Gasteiger charge is 2.57. The third-order valence-corrected chi connectivity index (χ3v) is 8.46. The first kappa shape index (κ1) is 18.3. The molecule has 0 heterocycles. The van der Waals surface area contributed by atoms with Crippen LogP contribution in [0.25, 0.3) is 0 Å². The van der Waals surface area contributed by atoms with Gasteiger partial charge in [0.2, 0.25) is 0 Å². The molecule has 1 N–H and O–H groups in total. The number of hydrogen-bond donors (Lipinski definition) is 1. The van der Waals surface area contributed by atoms with Crippen LogP contribution in [-0.2, 0) is 9.53 Å². The fourth-order valence-corrected chi connectivity index (χ4v) is 7.21. The van der Waals surface area contributed by atoms with E-state index in [2.05, 4.69) is 19.9 Å². The fraction of sp³-hybridized carbons (Fsp3) is 0.783. The number of carbonyl (C=O) groups is 1. The maximum atomic E-state index is 12.0. The van der Waals surface area contributed by atoms with Gasteiger partial charge < -0.3 is 9.84 Å². The predicted molar refractivity (Wildman–Crippen MR) is 102 cm³/mol. The highest BCUT2D eigenvalue weighted by atomic mass is 16.5. The third-order valence-electron chi connectivity index (χ3n) is 8.46. The molecule has 0 spiro atoms. The number of aliphatic hydroxyl groups excluding tert-OH is 1. The van der Waals surface area contributed by atoms with Crippen LogP contribution in [0.4, 0.5) is 0 Å². The van der Waals surface area contributed by atoms with Crippen molar-refractivity contribution in [3.63, 3.8) is 0 Å². The highest BCUT2D eigenvalue weighted by Crippen LogP contribution is 2.66. The summed E-state index contributed by atoms with van der Waals surface area (Å²) in [5.41, 5.74) is 3.30. The lowest BCUT2D eigenvalue weighted by Crippen LogP contribution is -2.50. The molecule has 3 fully saturated rings. The molecule has 6 atom stereocenters. The van der Waals surface area contributed by atoms with Crippen LogP contribution in [0.15, 0.2) is 23.3 Å². The second-order valence-electron chi connectivity index (χ2n) is 9.57. The van der Waals surface area contributed by atoms with Crippen molar-refractivity contribution < 1.29 is 14.6 Å². The summed E-state index contributed by atoms with van der Waals surface area (Å²) >= 11 is 0. The zero-order chi connectivity index (χ0) is 18.5. The standard InChI is InChI=1S/C23H34O3/c1-4-26-21(25)13-16-7-10-19-18-9-6-15-5-8-17(24)14-23(15,3)20(18)11-12-22(16,19)2/h5,13,17-20,24H,4,6-12,14H2,1-3H3/t17?,18-,19-,20-,22+,23-/m0/s1. The molecule has 4 rings (SSSR count). The Hall–Kier alpha value is -1.09. The first-order valence-corrected chi connectivity index (χ1v) is 10.6. The van der Waals surface area contributed by atoms with Crippen molar-refractivity contribution in [2.45, 2.75) is 78.2 Å². The van der Waals surface area contributed by atoms with Gasteiger partial charge in [-0.25, -0.2) is 4.79 Å². The average molecular weight is 359 g/mol. The molecule has 0 aromatic rings. The van der Waals surface area contributed by atoms with E-state index in [1.807, 2.05) is 13.0 Å². The number of rotatable bonds is 2. The smallest absolute Gasteiger partial charge is 0.330 e. The van der Waals surface area contributed by atoms with E-state index in [4.69, 9.17) is 4.74 Å². The molecule has 26 heavy (non-hydrogen) atoms. The van der Waals surface area contributed by atoms with E-state index in [0.717, 1.165) is 25.2 Å². The van der Waals surface area contributed by atoms with Crippen LogP contribution in [0.3, 0.4) is 0 Å². The lowest BCUT2D eigenvalue weighted by molar-refractivity contribution is -0.137. The molecule has 4 aliphatic rings. The topological polar surface area (TPSA) is 46.5 Å². The molecular formula is C23H34O3. The van der Waals surface area contributed by atoms with Crippen molar-refractivity contribution in [2.24, 2.45) is 28.6 Å². The number of ether oxygens (including phenoxy) is 1. The summed E-state index contributed by atoms with van der Waals surface area (Å²) < 4.78 is 5.18. The van der Waals surface area contributed by atoms with Crippen molar-refractivity contribution in [1.29, 1.82) is 0 Å². The maximum Gasteiger partial charge on any atom is 0.330 e. The monoisotopic (exact) mass is 358 g/mol. The number of carbonyl (C=O) groups excluding carboxylic acids is 1. The second kappa shape index (κ2) is 6.51. The Morgan fingerprint density at radius 3 is 2.77 bits per heavy atom. The van der Waals surface area contributed by atoms with Gasteiger partial charge in [-0.15, -0.1) is 0 Å². The Morgan fingerprint density at radius 2 is 2.00 bits per heavy atom. The lowest BCUT2D eigenvalue weighted by Gasteiger charge is -2.58. The van der Waals surface area contributed by atoms with Gasteiger partial charge in [0.05, 0.1) is 12.7 Å². The van der Waals surface area contributed by atoms with E-state index >= 15 is 0 Å². The van der Waals surface area contributed by atoms with Crippen LogP contribution in [-0.4, -0.2) is 23.8 Å². The molecule has 3 saturated carbocycles.